The molecule has 0 bridgehead atoms. The summed E-state index contributed by atoms with van der Waals surface area (Å²) in [6, 6.07) is 12.2. The number of nitrogens with one attached hydrogen (secondary N) is 1. The molecule has 5 aliphatic heterocycles. The lowest BCUT2D eigenvalue weighted by Gasteiger charge is -2.46. The molecule has 1 aromatic heterocycles. The number of likely N-dealkylation sites (tertiary alicyclic amines) is 1. The van der Waals surface area contributed by atoms with Gasteiger partial charge >= 0.3 is 0 Å². The highest BCUT2D eigenvalue weighted by Crippen LogP contribution is 2.52. The number of hydrogen-bond acceptors (Lipinski definition) is 10. The number of fused-ring (bicyclic) bond motifs is 4. The third kappa shape index (κ3) is 6.07. The molecule has 268 valence electrons. The van der Waals surface area contributed by atoms with Crippen molar-refractivity contribution in [2.75, 3.05) is 85.5 Å². The maximum absolute atomic E-state index is 15.1. The minimum atomic E-state index is -0.863. The maximum atomic E-state index is 15.1. The van der Waals surface area contributed by atoms with Crippen molar-refractivity contribution in [3.8, 4) is 17.0 Å². The Morgan fingerprint density at radius 3 is 2.29 bits per heavy atom. The van der Waals surface area contributed by atoms with Crippen LogP contribution in [0.1, 0.15) is 32.1 Å². The molecule has 1 saturated carbocycles. The molecule has 2 N–H and O–H groups in total. The molecule has 1 unspecified atom stereocenters. The lowest BCUT2D eigenvalue weighted by atomic mass is 9.95. The lowest BCUT2D eigenvalue weighted by molar-refractivity contribution is -0.129. The van der Waals surface area contributed by atoms with Gasteiger partial charge in [-0.25, -0.2) is 13.7 Å². The molecule has 5 fully saturated rings. The number of halogens is 2. The molecule has 0 radical (unpaired) electrons. The van der Waals surface area contributed by atoms with E-state index in [1.165, 1.54) is 12.1 Å². The molecular formula is C38H44F2N8O3. The number of aromatic nitrogens is 2. The Morgan fingerprint density at radius 2 is 1.57 bits per heavy atom. The van der Waals surface area contributed by atoms with E-state index in [1.807, 2.05) is 23.1 Å². The van der Waals surface area contributed by atoms with Gasteiger partial charge in [0.15, 0.2) is 17.5 Å². The van der Waals surface area contributed by atoms with Gasteiger partial charge < -0.3 is 25.1 Å². The van der Waals surface area contributed by atoms with E-state index in [1.54, 1.807) is 6.07 Å². The average Bonchev–Trinajstić information content (AvgIpc) is 3.55. The lowest BCUT2D eigenvalue weighted by Crippen LogP contribution is -2.58. The normalized spacial score (nSPS) is 26.9. The molecule has 11 nitrogen and oxygen atoms in total. The van der Waals surface area contributed by atoms with Gasteiger partial charge in [0, 0.05) is 89.5 Å². The summed E-state index contributed by atoms with van der Waals surface area (Å²) in [7, 11) is 0. The van der Waals surface area contributed by atoms with Crippen LogP contribution in [0.15, 0.2) is 42.5 Å². The highest BCUT2D eigenvalue weighted by Gasteiger charge is 2.56. The highest BCUT2D eigenvalue weighted by atomic mass is 19.1. The Balaban J connectivity index is 0.741. The van der Waals surface area contributed by atoms with Gasteiger partial charge in [0.05, 0.1) is 17.4 Å². The van der Waals surface area contributed by atoms with Gasteiger partial charge in [-0.1, -0.05) is 12.1 Å². The maximum Gasteiger partial charge on any atom is 0.233 e. The van der Waals surface area contributed by atoms with E-state index in [0.717, 1.165) is 108 Å². The van der Waals surface area contributed by atoms with Gasteiger partial charge in [-0.3, -0.25) is 14.5 Å². The van der Waals surface area contributed by atoms with E-state index in [0.29, 0.717) is 40.2 Å². The number of anilines is 4. The number of phenols is 1. The number of amides is 2. The van der Waals surface area contributed by atoms with Crippen molar-refractivity contribution in [3.63, 3.8) is 0 Å². The number of piperidine rings is 3. The van der Waals surface area contributed by atoms with Crippen molar-refractivity contribution in [1.82, 2.24) is 20.0 Å². The van der Waals surface area contributed by atoms with Crippen molar-refractivity contribution in [2.24, 2.45) is 23.7 Å². The fourth-order valence-electron chi connectivity index (χ4n) is 9.49. The van der Waals surface area contributed by atoms with E-state index in [-0.39, 0.29) is 18.6 Å². The monoisotopic (exact) mass is 698 g/mol. The first kappa shape index (κ1) is 32.5. The second-order valence-electron chi connectivity index (χ2n) is 15.3. The number of para-hydroxylation sites is 1. The van der Waals surface area contributed by atoms with E-state index in [2.05, 4.69) is 36.3 Å². The van der Waals surface area contributed by atoms with Crippen molar-refractivity contribution < 1.29 is 23.5 Å². The molecule has 6 heterocycles. The first-order valence-corrected chi connectivity index (χ1v) is 18.5. The van der Waals surface area contributed by atoms with Crippen LogP contribution in [0.5, 0.6) is 5.75 Å². The zero-order valence-electron chi connectivity index (χ0n) is 28.7. The Labute approximate surface area is 296 Å². The molecule has 13 heteroatoms. The third-order valence-corrected chi connectivity index (χ3v) is 12.3. The molecule has 1 aliphatic carbocycles. The summed E-state index contributed by atoms with van der Waals surface area (Å²) in [6.07, 6.45) is 2.58. The van der Waals surface area contributed by atoms with Crippen LogP contribution in [-0.4, -0.2) is 108 Å². The van der Waals surface area contributed by atoms with Gasteiger partial charge in [-0.2, -0.15) is 0 Å². The molecule has 0 spiro atoms. The van der Waals surface area contributed by atoms with Crippen molar-refractivity contribution in [3.05, 3.63) is 54.1 Å². The summed E-state index contributed by atoms with van der Waals surface area (Å²) < 4.78 is 30.3. The molecule has 2 aromatic carbocycles. The predicted octanol–water partition coefficient (Wildman–Crippen LogP) is 4.18. The highest BCUT2D eigenvalue weighted by molar-refractivity contribution is 6.16. The summed E-state index contributed by atoms with van der Waals surface area (Å²) in [4.78, 5) is 35.0. The number of carbonyl (C=O) groups excluding carboxylic acids is 2. The van der Waals surface area contributed by atoms with Crippen LogP contribution in [0.3, 0.4) is 0 Å². The van der Waals surface area contributed by atoms with Gasteiger partial charge in [-0.15, -0.1) is 10.2 Å². The van der Waals surface area contributed by atoms with Gasteiger partial charge in [0.1, 0.15) is 11.4 Å². The third-order valence-electron chi connectivity index (χ3n) is 12.3. The Hall–Kier alpha value is -4.36. The topological polar surface area (TPSA) is 108 Å². The van der Waals surface area contributed by atoms with Crippen molar-refractivity contribution in [2.45, 2.75) is 38.1 Å². The molecule has 2 amide bonds. The van der Waals surface area contributed by atoms with E-state index in [9.17, 15) is 14.7 Å². The summed E-state index contributed by atoms with van der Waals surface area (Å²) in [5.74, 6) is 1.06. The smallest absolute Gasteiger partial charge is 0.233 e. The summed E-state index contributed by atoms with van der Waals surface area (Å²) >= 11 is 0. The van der Waals surface area contributed by atoms with Gasteiger partial charge in [0.25, 0.3) is 0 Å². The Bertz CT molecular complexity index is 1800. The summed E-state index contributed by atoms with van der Waals surface area (Å²) in [5, 5.41) is 22.7. The molecule has 9 rings (SSSR count). The second kappa shape index (κ2) is 13.0. The average molecular weight is 699 g/mol. The predicted molar refractivity (Wildman–Crippen MR) is 190 cm³/mol. The molecule has 4 saturated heterocycles. The number of imide groups is 1. The zero-order valence-corrected chi connectivity index (χ0v) is 28.7. The van der Waals surface area contributed by atoms with Crippen LogP contribution in [0.25, 0.3) is 11.3 Å². The zero-order chi connectivity index (χ0) is 34.8. The van der Waals surface area contributed by atoms with Crippen LogP contribution >= 0.6 is 0 Å². The summed E-state index contributed by atoms with van der Waals surface area (Å²) in [6.45, 7) is 9.83. The fraction of sp³-hybridized carbons (Fsp3) is 0.526. The Kier molecular flexibility index (Phi) is 8.30. The van der Waals surface area contributed by atoms with Gasteiger partial charge in [0.2, 0.25) is 11.8 Å². The van der Waals surface area contributed by atoms with Crippen molar-refractivity contribution >= 4 is 34.7 Å². The quantitative estimate of drug-likeness (QED) is 0.349. The van der Waals surface area contributed by atoms with E-state index in [4.69, 9.17) is 0 Å². The standard InChI is InChI=1S/C38H44F2N8O3/c39-30-14-24(15-31(40)37(30)48-35(50)6-3-7-36(48)51)46-10-8-23(9-11-46)18-45-21-28-27(29(28)22-45)20-44-12-13-47-25(19-44)17-41-38-33(47)16-32(42-43-38)26-4-1-2-5-34(26)49/h1-2,4-5,14-16,23,25,27-29,49H,3,6-13,17-22H2,(H,41,43)/t25-,27?,28-,29+/m0/s1. The number of carbonyl (C=O) groups is 2. The number of hydrogen-bond donors (Lipinski definition) is 2. The first-order chi connectivity index (χ1) is 24.8. The van der Waals surface area contributed by atoms with Crippen LogP contribution in [-0.2, 0) is 9.59 Å². The van der Waals surface area contributed by atoms with Crippen LogP contribution < -0.4 is 20.0 Å². The minimum Gasteiger partial charge on any atom is -0.507 e. The first-order valence-electron chi connectivity index (χ1n) is 18.5. The number of aromatic hydroxyl groups is 1. The van der Waals surface area contributed by atoms with E-state index >= 15 is 8.78 Å². The number of nitrogens with zero attached hydrogens (tertiary/aromatic N) is 7. The largest absolute Gasteiger partial charge is 0.507 e. The number of rotatable bonds is 7. The van der Waals surface area contributed by atoms with Gasteiger partial charge in [-0.05, 0) is 73.3 Å². The molecule has 6 aliphatic rings. The summed E-state index contributed by atoms with van der Waals surface area (Å²) in [5.41, 5.74) is 2.36. The number of phenolic OH excluding ortho intramolecular Hbond substituents is 1. The van der Waals surface area contributed by atoms with Crippen LogP contribution in [0.4, 0.5) is 31.7 Å². The SMILES string of the molecule is O=C1CCCC(=O)N1c1c(F)cc(N2CCC(CN3C[C@@H]4C(CN5CCN6c7cc(-c8ccccc8O)nnc7NC[C@H]6C5)[C@@H]4C3)CC2)cc1F. The second-order valence-corrected chi connectivity index (χ2v) is 15.3. The van der Waals surface area contributed by atoms with Crippen molar-refractivity contribution in [1.29, 1.82) is 0 Å². The Morgan fingerprint density at radius 1 is 0.843 bits per heavy atom. The molecule has 4 atom stereocenters. The van der Waals surface area contributed by atoms with Crippen LogP contribution in [0, 0.1) is 35.3 Å². The molecule has 51 heavy (non-hydrogen) atoms. The molecule has 3 aromatic rings. The van der Waals surface area contributed by atoms with Crippen LogP contribution in [0.2, 0.25) is 0 Å². The molecular weight excluding hydrogens is 654 g/mol. The van der Waals surface area contributed by atoms with E-state index < -0.39 is 29.1 Å². The number of benzene rings is 2. The minimum absolute atomic E-state index is 0.117. The fourth-order valence-corrected chi connectivity index (χ4v) is 9.49. The number of piperazine rings is 1.